The number of aryl methyl sites for hydroxylation is 1. The van der Waals surface area contributed by atoms with Gasteiger partial charge in [0, 0.05) is 31.0 Å². The summed E-state index contributed by atoms with van der Waals surface area (Å²) in [4.78, 5) is 17.6. The van der Waals surface area contributed by atoms with Gasteiger partial charge < -0.3 is 4.90 Å². The fourth-order valence-corrected chi connectivity index (χ4v) is 2.92. The highest BCUT2D eigenvalue weighted by atomic mass is 16.6. The molecular formula is C17H19N3O2. The molecule has 0 spiro atoms. The number of piperidine rings is 1. The summed E-state index contributed by atoms with van der Waals surface area (Å²) in [7, 11) is 0. The van der Waals surface area contributed by atoms with Crippen molar-refractivity contribution in [2.24, 2.45) is 0 Å². The predicted octanol–water partition coefficient (Wildman–Crippen LogP) is 3.96. The first-order valence-electron chi connectivity index (χ1n) is 7.61. The number of anilines is 1. The molecule has 114 valence electrons. The summed E-state index contributed by atoms with van der Waals surface area (Å²) in [6.07, 6.45) is 5.31. The Morgan fingerprint density at radius 1 is 1.14 bits per heavy atom. The summed E-state index contributed by atoms with van der Waals surface area (Å²) >= 11 is 0. The van der Waals surface area contributed by atoms with Crippen LogP contribution in [0.1, 0.15) is 24.8 Å². The Hall–Kier alpha value is -2.43. The lowest BCUT2D eigenvalue weighted by Gasteiger charge is -2.29. The van der Waals surface area contributed by atoms with E-state index in [1.807, 2.05) is 31.2 Å². The number of nitrogens with zero attached hydrogens (tertiary/aromatic N) is 3. The van der Waals surface area contributed by atoms with E-state index >= 15 is 0 Å². The van der Waals surface area contributed by atoms with E-state index in [2.05, 4.69) is 9.88 Å². The first-order chi connectivity index (χ1) is 10.6. The lowest BCUT2D eigenvalue weighted by atomic mass is 10.0. The summed E-state index contributed by atoms with van der Waals surface area (Å²) in [6.45, 7) is 3.99. The Labute approximate surface area is 129 Å². The normalized spacial score (nSPS) is 14.9. The Morgan fingerprint density at radius 3 is 2.59 bits per heavy atom. The van der Waals surface area contributed by atoms with Crippen LogP contribution in [0.5, 0.6) is 0 Å². The fourth-order valence-electron chi connectivity index (χ4n) is 2.92. The molecule has 1 aromatic carbocycles. The number of nitro benzene ring substituents is 1. The third-order valence-electron chi connectivity index (χ3n) is 4.09. The van der Waals surface area contributed by atoms with E-state index in [4.69, 9.17) is 0 Å². The van der Waals surface area contributed by atoms with Gasteiger partial charge in [-0.1, -0.05) is 0 Å². The number of hydrogen-bond donors (Lipinski definition) is 0. The summed E-state index contributed by atoms with van der Waals surface area (Å²) in [5.74, 6) is 0. The Bertz CT molecular complexity index is 694. The average molecular weight is 297 g/mol. The molecule has 2 aromatic rings. The van der Waals surface area contributed by atoms with E-state index in [0.29, 0.717) is 11.3 Å². The van der Waals surface area contributed by atoms with Crippen molar-refractivity contribution in [3.8, 4) is 11.3 Å². The molecule has 1 aromatic heterocycles. The third kappa shape index (κ3) is 2.93. The molecule has 0 amide bonds. The maximum absolute atomic E-state index is 11.3. The van der Waals surface area contributed by atoms with Crippen molar-refractivity contribution < 1.29 is 4.92 Å². The van der Waals surface area contributed by atoms with Crippen molar-refractivity contribution in [1.82, 2.24) is 4.98 Å². The van der Waals surface area contributed by atoms with Gasteiger partial charge in [0.15, 0.2) is 0 Å². The SMILES string of the molecule is Cc1ccnc(-c2cc(N3CCCCC3)ccc2[N+](=O)[O-])c1. The van der Waals surface area contributed by atoms with Crippen molar-refractivity contribution >= 4 is 11.4 Å². The molecule has 5 nitrogen and oxygen atoms in total. The lowest BCUT2D eigenvalue weighted by molar-refractivity contribution is -0.384. The van der Waals surface area contributed by atoms with Crippen LogP contribution in [0, 0.1) is 17.0 Å². The van der Waals surface area contributed by atoms with Crippen LogP contribution in [-0.2, 0) is 0 Å². The zero-order chi connectivity index (χ0) is 15.5. The van der Waals surface area contributed by atoms with E-state index in [0.717, 1.165) is 24.3 Å². The third-order valence-corrected chi connectivity index (χ3v) is 4.09. The number of nitro groups is 1. The lowest BCUT2D eigenvalue weighted by Crippen LogP contribution is -2.29. The molecule has 1 fully saturated rings. The first-order valence-corrected chi connectivity index (χ1v) is 7.61. The molecule has 0 aliphatic carbocycles. The molecule has 3 rings (SSSR count). The van der Waals surface area contributed by atoms with Gasteiger partial charge in [-0.3, -0.25) is 15.1 Å². The first kappa shape index (κ1) is 14.5. The van der Waals surface area contributed by atoms with Gasteiger partial charge in [0.1, 0.15) is 0 Å². The molecule has 1 aliphatic rings. The quantitative estimate of drug-likeness (QED) is 0.635. The van der Waals surface area contributed by atoms with Gasteiger partial charge in [-0.15, -0.1) is 0 Å². The van der Waals surface area contributed by atoms with Gasteiger partial charge in [0.25, 0.3) is 5.69 Å². The van der Waals surface area contributed by atoms with E-state index in [1.165, 1.54) is 19.3 Å². The maximum atomic E-state index is 11.3. The monoisotopic (exact) mass is 297 g/mol. The van der Waals surface area contributed by atoms with Gasteiger partial charge in [-0.25, -0.2) is 0 Å². The van der Waals surface area contributed by atoms with Crippen molar-refractivity contribution in [3.05, 3.63) is 52.2 Å². The number of aromatic nitrogens is 1. The van der Waals surface area contributed by atoms with Crippen molar-refractivity contribution in [1.29, 1.82) is 0 Å². The molecule has 0 unspecified atom stereocenters. The number of pyridine rings is 1. The van der Waals surface area contributed by atoms with Crippen LogP contribution in [0.15, 0.2) is 36.5 Å². The molecule has 0 atom stereocenters. The minimum absolute atomic E-state index is 0.110. The van der Waals surface area contributed by atoms with Crippen LogP contribution < -0.4 is 4.90 Å². The molecule has 0 N–H and O–H groups in total. The van der Waals surface area contributed by atoms with Gasteiger partial charge in [-0.2, -0.15) is 0 Å². The zero-order valence-electron chi connectivity index (χ0n) is 12.7. The van der Waals surface area contributed by atoms with Gasteiger partial charge >= 0.3 is 0 Å². The second-order valence-corrected chi connectivity index (χ2v) is 5.72. The average Bonchev–Trinajstić information content (AvgIpc) is 2.55. The molecule has 2 heterocycles. The predicted molar refractivity (Wildman–Crippen MR) is 87.1 cm³/mol. The highest BCUT2D eigenvalue weighted by molar-refractivity contribution is 5.75. The summed E-state index contributed by atoms with van der Waals surface area (Å²) < 4.78 is 0. The minimum Gasteiger partial charge on any atom is -0.372 e. The van der Waals surface area contributed by atoms with Gasteiger partial charge in [0.2, 0.25) is 0 Å². The van der Waals surface area contributed by atoms with Gasteiger partial charge in [-0.05, 0) is 56.0 Å². The van der Waals surface area contributed by atoms with Crippen LogP contribution >= 0.6 is 0 Å². The second-order valence-electron chi connectivity index (χ2n) is 5.72. The maximum Gasteiger partial charge on any atom is 0.278 e. The number of benzene rings is 1. The summed E-state index contributed by atoms with van der Waals surface area (Å²) in [5, 5.41) is 11.3. The zero-order valence-corrected chi connectivity index (χ0v) is 12.7. The highest BCUT2D eigenvalue weighted by Crippen LogP contribution is 2.33. The van der Waals surface area contributed by atoms with Crippen LogP contribution in [0.4, 0.5) is 11.4 Å². The van der Waals surface area contributed by atoms with Crippen molar-refractivity contribution in [2.75, 3.05) is 18.0 Å². The molecule has 1 aliphatic heterocycles. The summed E-state index contributed by atoms with van der Waals surface area (Å²) in [6, 6.07) is 9.14. The molecule has 5 heteroatoms. The minimum atomic E-state index is -0.334. The Morgan fingerprint density at radius 2 is 1.91 bits per heavy atom. The van der Waals surface area contributed by atoms with E-state index in [9.17, 15) is 10.1 Å². The molecular weight excluding hydrogens is 278 g/mol. The molecule has 0 saturated carbocycles. The summed E-state index contributed by atoms with van der Waals surface area (Å²) in [5.41, 5.74) is 3.45. The van der Waals surface area contributed by atoms with Crippen molar-refractivity contribution in [3.63, 3.8) is 0 Å². The fraction of sp³-hybridized carbons (Fsp3) is 0.353. The largest absolute Gasteiger partial charge is 0.372 e. The molecule has 0 radical (unpaired) electrons. The highest BCUT2D eigenvalue weighted by Gasteiger charge is 2.19. The molecule has 22 heavy (non-hydrogen) atoms. The Kier molecular flexibility index (Phi) is 4.04. The molecule has 0 bridgehead atoms. The smallest absolute Gasteiger partial charge is 0.278 e. The number of rotatable bonds is 3. The molecule has 1 saturated heterocycles. The van der Waals surface area contributed by atoms with Crippen LogP contribution in [0.2, 0.25) is 0 Å². The van der Waals surface area contributed by atoms with Crippen molar-refractivity contribution in [2.45, 2.75) is 26.2 Å². The van der Waals surface area contributed by atoms with E-state index < -0.39 is 0 Å². The second kappa shape index (κ2) is 6.13. The van der Waals surface area contributed by atoms with E-state index in [-0.39, 0.29) is 10.6 Å². The van der Waals surface area contributed by atoms with E-state index in [1.54, 1.807) is 12.3 Å². The topological polar surface area (TPSA) is 59.3 Å². The van der Waals surface area contributed by atoms with Crippen LogP contribution in [0.3, 0.4) is 0 Å². The van der Waals surface area contributed by atoms with Gasteiger partial charge in [0.05, 0.1) is 16.2 Å². The number of hydrogen-bond acceptors (Lipinski definition) is 4. The Balaban J connectivity index is 2.06. The van der Waals surface area contributed by atoms with Crippen LogP contribution in [-0.4, -0.2) is 23.0 Å². The standard InChI is InChI=1S/C17H19N3O2/c1-13-7-8-18-16(11-13)15-12-14(5-6-17(15)20(21)22)19-9-3-2-4-10-19/h5-8,11-12H,2-4,9-10H2,1H3. The van der Waals surface area contributed by atoms with Crippen LogP contribution in [0.25, 0.3) is 11.3 Å².